The molecular weight excluding hydrogens is 467 g/mol. The van der Waals surface area contributed by atoms with Gasteiger partial charge in [0.05, 0.1) is 29.2 Å². The van der Waals surface area contributed by atoms with Gasteiger partial charge in [0.2, 0.25) is 5.88 Å². The number of H-pyrrole nitrogens is 1. The average Bonchev–Trinajstić information content (AvgIpc) is 3.40. The topological polar surface area (TPSA) is 115 Å². The number of halogens is 1. The second-order valence-electron chi connectivity index (χ2n) is 10.3. The van der Waals surface area contributed by atoms with Crippen LogP contribution in [0, 0.1) is 0 Å². The second kappa shape index (κ2) is 9.03. The first-order chi connectivity index (χ1) is 17.1. The minimum absolute atomic E-state index is 0.147. The molecule has 2 fully saturated rings. The van der Waals surface area contributed by atoms with E-state index in [0.717, 1.165) is 5.56 Å². The number of ether oxygens (including phenoxy) is 2. The van der Waals surface area contributed by atoms with E-state index in [-0.39, 0.29) is 17.4 Å². The number of aromatic amines is 1. The minimum atomic E-state index is -1.37. The van der Waals surface area contributed by atoms with E-state index in [1.54, 1.807) is 63.2 Å². The maximum atomic E-state index is 15.4. The molecule has 2 bridgehead atoms. The van der Waals surface area contributed by atoms with Gasteiger partial charge in [-0.25, -0.2) is 9.18 Å². The molecule has 0 aliphatic carbocycles. The van der Waals surface area contributed by atoms with Gasteiger partial charge in [0.1, 0.15) is 11.7 Å². The number of alkyl halides is 1. The summed E-state index contributed by atoms with van der Waals surface area (Å²) in [4.78, 5) is 29.9. The average molecular weight is 497 g/mol. The van der Waals surface area contributed by atoms with Crippen molar-refractivity contribution in [3.63, 3.8) is 0 Å². The molecule has 5 heterocycles. The van der Waals surface area contributed by atoms with Crippen LogP contribution in [0.4, 0.5) is 9.18 Å². The van der Waals surface area contributed by atoms with Gasteiger partial charge in [0.25, 0.3) is 0 Å². The summed E-state index contributed by atoms with van der Waals surface area (Å²) in [5, 5.41) is 12.3. The van der Waals surface area contributed by atoms with Gasteiger partial charge in [0, 0.05) is 49.6 Å². The molecule has 36 heavy (non-hydrogen) atoms. The van der Waals surface area contributed by atoms with E-state index in [1.165, 1.54) is 11.0 Å². The molecule has 0 spiro atoms. The van der Waals surface area contributed by atoms with Gasteiger partial charge in [-0.2, -0.15) is 5.10 Å². The number of carbonyl (C=O) groups excluding carboxylic acids is 1. The lowest BCUT2D eigenvalue weighted by Crippen LogP contribution is -2.57. The zero-order valence-electron chi connectivity index (χ0n) is 20.6. The number of hydrogen-bond acceptors (Lipinski definition) is 7. The first-order valence-corrected chi connectivity index (χ1v) is 12.0. The molecule has 0 radical (unpaired) electrons. The van der Waals surface area contributed by atoms with Crippen LogP contribution < -0.4 is 10.2 Å². The highest BCUT2D eigenvalue weighted by atomic mass is 19.1. The number of nitrogens with zero attached hydrogens (tertiary/aromatic N) is 5. The van der Waals surface area contributed by atoms with Crippen LogP contribution in [0.3, 0.4) is 0 Å². The van der Waals surface area contributed by atoms with Crippen LogP contribution >= 0.6 is 0 Å². The Morgan fingerprint density at radius 3 is 2.67 bits per heavy atom. The second-order valence-corrected chi connectivity index (χ2v) is 10.3. The first-order valence-electron chi connectivity index (χ1n) is 12.0. The highest BCUT2D eigenvalue weighted by Gasteiger charge is 2.52. The van der Waals surface area contributed by atoms with Crippen LogP contribution in [0.1, 0.15) is 40.0 Å². The summed E-state index contributed by atoms with van der Waals surface area (Å²) >= 11 is 0. The Hall–Kier alpha value is -3.76. The van der Waals surface area contributed by atoms with Gasteiger partial charge in [-0.1, -0.05) is 0 Å². The lowest BCUT2D eigenvalue weighted by atomic mass is 9.98. The zero-order valence-corrected chi connectivity index (χ0v) is 20.6. The van der Waals surface area contributed by atoms with Crippen molar-refractivity contribution in [1.82, 2.24) is 29.9 Å². The van der Waals surface area contributed by atoms with Crippen molar-refractivity contribution in [1.29, 1.82) is 0 Å². The Bertz CT molecular complexity index is 1320. The van der Waals surface area contributed by atoms with Crippen molar-refractivity contribution in [3.05, 3.63) is 47.0 Å². The Morgan fingerprint density at radius 2 is 2.03 bits per heavy atom. The van der Waals surface area contributed by atoms with Crippen molar-refractivity contribution in [3.8, 4) is 28.4 Å². The number of hydrogen-bond donors (Lipinski definition) is 1. The predicted molar refractivity (Wildman–Crippen MR) is 129 cm³/mol. The third-order valence-electron chi connectivity index (χ3n) is 6.49. The molecule has 5 rings (SSSR count). The van der Waals surface area contributed by atoms with Crippen molar-refractivity contribution < 1.29 is 18.7 Å². The fourth-order valence-electron chi connectivity index (χ4n) is 4.89. The molecule has 2 aliphatic heterocycles. The maximum Gasteiger partial charge on any atom is 0.410 e. The van der Waals surface area contributed by atoms with E-state index < -0.39 is 30.0 Å². The molecule has 3 aromatic rings. The number of fused-ring (bicyclic) bond motifs is 2. The predicted octanol–water partition coefficient (Wildman–Crippen LogP) is 3.49. The molecule has 1 amide bonds. The van der Waals surface area contributed by atoms with Crippen LogP contribution in [-0.2, 0) is 11.8 Å². The van der Waals surface area contributed by atoms with Crippen molar-refractivity contribution in [2.45, 2.75) is 70.0 Å². The highest BCUT2D eigenvalue weighted by Crippen LogP contribution is 2.39. The van der Waals surface area contributed by atoms with Gasteiger partial charge in [0.15, 0.2) is 11.6 Å². The fraction of sp³-hybridized carbons (Fsp3) is 0.480. The number of aryl methyl sites for hydroxylation is 1. The standard InChI is InChI=1S/C25H29FN6O4/c1-25(2,3)36-24(34)32-15-5-7-19(32)23(26)21(9-15)35-22-8-6-17(29-30-22)16-12-27-18(10-20(16)33)14-11-28-31(4)13-14/h6,8,10-13,15,19,21,23H,5,7,9H2,1-4H3,(H,27,33)/t15-,19+,21-,23+/m0/s1. The van der Waals surface area contributed by atoms with Crippen LogP contribution in [-0.4, -0.2) is 65.9 Å². The Kier molecular flexibility index (Phi) is 6.01. The van der Waals surface area contributed by atoms with Crippen LogP contribution in [0.2, 0.25) is 0 Å². The summed E-state index contributed by atoms with van der Waals surface area (Å²) in [6.45, 7) is 5.38. The van der Waals surface area contributed by atoms with Gasteiger partial charge >= 0.3 is 6.09 Å². The van der Waals surface area contributed by atoms with E-state index in [9.17, 15) is 9.59 Å². The fourth-order valence-corrected chi connectivity index (χ4v) is 4.89. The Balaban J connectivity index is 1.27. The molecule has 1 N–H and O–H groups in total. The van der Waals surface area contributed by atoms with Gasteiger partial charge in [-0.3, -0.25) is 14.4 Å². The molecule has 10 nitrogen and oxygen atoms in total. The highest BCUT2D eigenvalue weighted by molar-refractivity contribution is 5.70. The Morgan fingerprint density at radius 1 is 1.22 bits per heavy atom. The number of rotatable bonds is 4. The molecule has 190 valence electrons. The summed E-state index contributed by atoms with van der Waals surface area (Å²) in [5.74, 6) is 0.167. The number of amides is 1. The molecule has 2 saturated heterocycles. The van der Waals surface area contributed by atoms with E-state index >= 15 is 4.39 Å². The Labute approximate surface area is 207 Å². The molecule has 4 atom stereocenters. The van der Waals surface area contributed by atoms with Gasteiger partial charge in [-0.05, 0) is 39.7 Å². The number of carbonyl (C=O) groups is 1. The quantitative estimate of drug-likeness (QED) is 0.588. The van der Waals surface area contributed by atoms with Crippen LogP contribution in [0.5, 0.6) is 5.88 Å². The third kappa shape index (κ3) is 4.69. The van der Waals surface area contributed by atoms with E-state index in [0.29, 0.717) is 36.2 Å². The summed E-state index contributed by atoms with van der Waals surface area (Å²) in [5.41, 5.74) is 1.31. The molecule has 2 aliphatic rings. The molecule has 0 unspecified atom stereocenters. The van der Waals surface area contributed by atoms with Gasteiger partial charge in [-0.15, -0.1) is 10.2 Å². The van der Waals surface area contributed by atoms with Gasteiger partial charge < -0.3 is 14.5 Å². The molecule has 0 aromatic carbocycles. The third-order valence-corrected chi connectivity index (χ3v) is 6.49. The minimum Gasteiger partial charge on any atom is -0.470 e. The van der Waals surface area contributed by atoms with E-state index in [2.05, 4.69) is 20.3 Å². The van der Waals surface area contributed by atoms with Crippen molar-refractivity contribution in [2.75, 3.05) is 0 Å². The number of nitrogens with one attached hydrogen (secondary N) is 1. The zero-order chi connectivity index (χ0) is 25.6. The molecule has 0 saturated carbocycles. The maximum absolute atomic E-state index is 15.4. The first kappa shape index (κ1) is 24.0. The largest absolute Gasteiger partial charge is 0.470 e. The monoisotopic (exact) mass is 496 g/mol. The summed E-state index contributed by atoms with van der Waals surface area (Å²) < 4.78 is 28.4. The summed E-state index contributed by atoms with van der Waals surface area (Å²) in [7, 11) is 1.80. The smallest absolute Gasteiger partial charge is 0.410 e. The number of pyridine rings is 1. The summed E-state index contributed by atoms with van der Waals surface area (Å²) in [6, 6.07) is 3.94. The van der Waals surface area contributed by atoms with Crippen LogP contribution in [0.25, 0.3) is 22.5 Å². The number of piperidine rings is 1. The van der Waals surface area contributed by atoms with Crippen LogP contribution in [0.15, 0.2) is 41.6 Å². The molecule has 3 aromatic heterocycles. The van der Waals surface area contributed by atoms with E-state index in [4.69, 9.17) is 9.47 Å². The summed E-state index contributed by atoms with van der Waals surface area (Å²) in [6.07, 6.45) is 4.05. The lowest BCUT2D eigenvalue weighted by molar-refractivity contribution is -0.0412. The van der Waals surface area contributed by atoms with E-state index in [1.807, 2.05) is 0 Å². The van der Waals surface area contributed by atoms with Crippen molar-refractivity contribution >= 4 is 6.09 Å². The molecule has 11 heteroatoms. The number of aromatic nitrogens is 5. The lowest BCUT2D eigenvalue weighted by Gasteiger charge is -2.41. The normalized spacial score (nSPS) is 23.5. The SMILES string of the molecule is Cn1cc(-c2cc(=O)c(-c3ccc(O[C@H]4C[C@@H]5CC[C@H]([C@H]4F)N5C(=O)OC(C)(C)C)nn3)c[nH]2)cn1. The molecular formula is C25H29FN6O4. The van der Waals surface area contributed by atoms with Crippen molar-refractivity contribution in [2.24, 2.45) is 7.05 Å².